The second-order valence-corrected chi connectivity index (χ2v) is 11.0. The summed E-state index contributed by atoms with van der Waals surface area (Å²) in [5.41, 5.74) is 0.199. The minimum atomic E-state index is -3.82. The Balaban J connectivity index is 2.33. The first kappa shape index (κ1) is 23.2. The van der Waals surface area contributed by atoms with Gasteiger partial charge in [0, 0.05) is 11.3 Å². The van der Waals surface area contributed by atoms with E-state index in [1.165, 1.54) is 50.3 Å². The highest BCUT2D eigenvalue weighted by molar-refractivity contribution is 8.01. The number of carbonyl (C=O) groups excluding carboxylic acids is 1. The summed E-state index contributed by atoms with van der Waals surface area (Å²) in [6.07, 6.45) is 1.03. The van der Waals surface area contributed by atoms with Crippen LogP contribution >= 0.6 is 23.1 Å². The molecule has 1 heterocycles. The van der Waals surface area contributed by atoms with E-state index in [2.05, 4.69) is 15.5 Å². The van der Waals surface area contributed by atoms with Gasteiger partial charge in [-0.05, 0) is 19.1 Å². The van der Waals surface area contributed by atoms with Gasteiger partial charge in [0.05, 0.1) is 26.2 Å². The molecule has 160 valence electrons. The number of carbonyl (C=O) groups is 1. The van der Waals surface area contributed by atoms with Gasteiger partial charge in [-0.1, -0.05) is 36.9 Å². The van der Waals surface area contributed by atoms with Crippen LogP contribution in [0.25, 0.3) is 0 Å². The third kappa shape index (κ3) is 5.97. The molecular weight excluding hydrogens is 436 g/mol. The van der Waals surface area contributed by atoms with Crippen LogP contribution in [0.1, 0.15) is 20.8 Å². The van der Waals surface area contributed by atoms with Crippen LogP contribution in [0.3, 0.4) is 0 Å². The molecule has 0 aliphatic heterocycles. The Morgan fingerprint density at radius 2 is 1.90 bits per heavy atom. The molecule has 1 N–H and O–H groups in total. The number of methoxy groups -OCH3 is 2. The van der Waals surface area contributed by atoms with Crippen LogP contribution in [0, 0.1) is 0 Å². The van der Waals surface area contributed by atoms with Crippen LogP contribution < -0.4 is 19.1 Å². The molecule has 1 amide bonds. The molecule has 0 aliphatic rings. The highest BCUT2D eigenvalue weighted by Crippen LogP contribution is 2.35. The summed E-state index contributed by atoms with van der Waals surface area (Å²) in [5.74, 6) is 0.182. The van der Waals surface area contributed by atoms with Crippen molar-refractivity contribution in [1.82, 2.24) is 10.2 Å². The summed E-state index contributed by atoms with van der Waals surface area (Å²) in [6.45, 7) is 5.54. The van der Waals surface area contributed by atoms with E-state index in [-0.39, 0.29) is 5.69 Å². The Labute approximate surface area is 178 Å². The summed E-state index contributed by atoms with van der Waals surface area (Å²) in [4.78, 5) is 12.8. The van der Waals surface area contributed by atoms with Gasteiger partial charge in [-0.15, -0.1) is 10.2 Å². The van der Waals surface area contributed by atoms with Crippen LogP contribution in [-0.4, -0.2) is 56.3 Å². The lowest BCUT2D eigenvalue weighted by Crippen LogP contribution is -2.45. The number of sulfonamides is 1. The zero-order valence-corrected chi connectivity index (χ0v) is 19.4. The second-order valence-electron chi connectivity index (χ2n) is 6.30. The number of anilines is 2. The topological polar surface area (TPSA) is 111 Å². The van der Waals surface area contributed by atoms with Crippen LogP contribution in [0.5, 0.6) is 11.5 Å². The van der Waals surface area contributed by atoms with E-state index in [1.54, 1.807) is 12.1 Å². The Hall–Kier alpha value is -2.05. The lowest BCUT2D eigenvalue weighted by molar-refractivity contribution is -0.116. The number of amides is 1. The summed E-state index contributed by atoms with van der Waals surface area (Å²) >= 11 is 2.76. The highest BCUT2D eigenvalue weighted by atomic mass is 32.2. The standard InChI is InChI=1S/C17H24N4O5S3/c1-10(2)27-17-20-19-16(28-17)18-15(22)11(3)21(29(6,23)24)13-9-12(25-4)7-8-14(13)26-5/h7-11H,1-6H3,(H,18,19,22)/t11-/m0/s1. The Bertz CT molecular complexity index is 962. The number of nitrogens with one attached hydrogen (secondary N) is 1. The third-order valence-corrected chi connectivity index (χ3v) is 6.84. The molecule has 0 fully saturated rings. The number of nitrogens with zero attached hydrogens (tertiary/aromatic N) is 3. The predicted molar refractivity (Wildman–Crippen MR) is 116 cm³/mol. The molecule has 1 aromatic heterocycles. The van der Waals surface area contributed by atoms with Gasteiger partial charge >= 0.3 is 0 Å². The van der Waals surface area contributed by atoms with Gasteiger partial charge < -0.3 is 9.47 Å². The highest BCUT2D eigenvalue weighted by Gasteiger charge is 2.32. The van der Waals surface area contributed by atoms with E-state index in [0.717, 1.165) is 14.9 Å². The van der Waals surface area contributed by atoms with Crippen molar-refractivity contribution < 1.29 is 22.7 Å². The fraction of sp³-hybridized carbons (Fsp3) is 0.471. The molecule has 0 spiro atoms. The summed E-state index contributed by atoms with van der Waals surface area (Å²) in [7, 11) is -0.933. The van der Waals surface area contributed by atoms with Crippen molar-refractivity contribution >= 4 is 49.8 Å². The van der Waals surface area contributed by atoms with Crippen molar-refractivity contribution in [2.75, 3.05) is 30.1 Å². The number of benzene rings is 1. The third-order valence-electron chi connectivity index (χ3n) is 3.69. The molecule has 0 aliphatic carbocycles. The molecule has 0 saturated carbocycles. The smallest absolute Gasteiger partial charge is 0.249 e. The maximum absolute atomic E-state index is 12.8. The molecule has 0 bridgehead atoms. The molecular formula is C17H24N4O5S3. The molecule has 2 rings (SSSR count). The zero-order valence-electron chi connectivity index (χ0n) is 17.0. The van der Waals surface area contributed by atoms with E-state index in [1.807, 2.05) is 13.8 Å². The van der Waals surface area contributed by atoms with Crippen molar-refractivity contribution in [2.45, 2.75) is 36.4 Å². The first-order valence-corrected chi connectivity index (χ1v) is 12.1. The molecule has 0 radical (unpaired) electrons. The monoisotopic (exact) mass is 460 g/mol. The molecule has 2 aromatic rings. The van der Waals surface area contributed by atoms with Crippen molar-refractivity contribution in [3.05, 3.63) is 18.2 Å². The SMILES string of the molecule is COc1ccc(OC)c(N([C@@H](C)C(=O)Nc2nnc(SC(C)C)s2)S(C)(=O)=O)c1. The van der Waals surface area contributed by atoms with Crippen LogP contribution in [0.4, 0.5) is 10.8 Å². The zero-order chi connectivity index (χ0) is 21.8. The van der Waals surface area contributed by atoms with E-state index >= 15 is 0 Å². The Morgan fingerprint density at radius 1 is 1.21 bits per heavy atom. The summed E-state index contributed by atoms with van der Waals surface area (Å²) in [5, 5.41) is 11.2. The summed E-state index contributed by atoms with van der Waals surface area (Å²) < 4.78 is 37.3. The number of rotatable bonds is 9. The minimum absolute atomic E-state index is 0.199. The average Bonchev–Trinajstić information content (AvgIpc) is 3.06. The van der Waals surface area contributed by atoms with Gasteiger partial charge in [0.1, 0.15) is 17.5 Å². The van der Waals surface area contributed by atoms with E-state index < -0.39 is 22.0 Å². The normalized spacial score (nSPS) is 12.5. The van der Waals surface area contributed by atoms with Crippen LogP contribution in [0.15, 0.2) is 22.5 Å². The number of hydrogen-bond acceptors (Lipinski definition) is 9. The van der Waals surface area contributed by atoms with Gasteiger partial charge in [-0.2, -0.15) is 0 Å². The molecule has 29 heavy (non-hydrogen) atoms. The molecule has 0 unspecified atom stereocenters. The van der Waals surface area contributed by atoms with Crippen LogP contribution in [-0.2, 0) is 14.8 Å². The molecule has 9 nitrogen and oxygen atoms in total. The lowest BCUT2D eigenvalue weighted by atomic mass is 10.2. The number of aromatic nitrogens is 2. The summed E-state index contributed by atoms with van der Waals surface area (Å²) in [6, 6.07) is 3.65. The fourth-order valence-electron chi connectivity index (χ4n) is 2.47. The first-order chi connectivity index (χ1) is 13.6. The minimum Gasteiger partial charge on any atom is -0.497 e. The van der Waals surface area contributed by atoms with Gasteiger partial charge in [0.25, 0.3) is 0 Å². The molecule has 1 atom stereocenters. The van der Waals surface area contributed by atoms with Crippen LogP contribution in [0.2, 0.25) is 0 Å². The van der Waals surface area contributed by atoms with E-state index in [0.29, 0.717) is 21.9 Å². The van der Waals surface area contributed by atoms with Crippen molar-refractivity contribution in [3.8, 4) is 11.5 Å². The van der Waals surface area contributed by atoms with Crippen molar-refractivity contribution in [2.24, 2.45) is 0 Å². The Kier molecular flexibility index (Phi) is 7.72. The van der Waals surface area contributed by atoms with Crippen molar-refractivity contribution in [1.29, 1.82) is 0 Å². The lowest BCUT2D eigenvalue weighted by Gasteiger charge is -2.29. The first-order valence-electron chi connectivity index (χ1n) is 8.59. The fourth-order valence-corrected chi connectivity index (χ4v) is 5.62. The second kappa shape index (κ2) is 9.63. The maximum atomic E-state index is 12.8. The van der Waals surface area contributed by atoms with Crippen molar-refractivity contribution in [3.63, 3.8) is 0 Å². The number of thioether (sulfide) groups is 1. The van der Waals surface area contributed by atoms with E-state index in [4.69, 9.17) is 9.47 Å². The quantitative estimate of drug-likeness (QED) is 0.449. The number of hydrogen-bond donors (Lipinski definition) is 1. The van der Waals surface area contributed by atoms with Gasteiger partial charge in [0.15, 0.2) is 4.34 Å². The number of ether oxygens (including phenoxy) is 2. The molecule has 0 saturated heterocycles. The van der Waals surface area contributed by atoms with Gasteiger partial charge in [-0.25, -0.2) is 8.42 Å². The average molecular weight is 461 g/mol. The Morgan fingerprint density at radius 3 is 2.45 bits per heavy atom. The maximum Gasteiger partial charge on any atom is 0.249 e. The van der Waals surface area contributed by atoms with Gasteiger partial charge in [0.2, 0.25) is 21.1 Å². The van der Waals surface area contributed by atoms with E-state index in [9.17, 15) is 13.2 Å². The molecule has 12 heteroatoms. The molecule has 1 aromatic carbocycles. The largest absolute Gasteiger partial charge is 0.497 e. The van der Waals surface area contributed by atoms with Gasteiger partial charge in [-0.3, -0.25) is 14.4 Å². The predicted octanol–water partition coefficient (Wildman–Crippen LogP) is 2.85.